The Hall–Kier alpha value is -4.72. The first-order valence-corrected chi connectivity index (χ1v) is 11.2. The van der Waals surface area contributed by atoms with Crippen LogP contribution < -0.4 is 15.4 Å². The van der Waals surface area contributed by atoms with Crippen molar-refractivity contribution in [3.8, 4) is 16.9 Å². The molecule has 8 nitrogen and oxygen atoms in total. The minimum atomic E-state index is -0.115. The minimum Gasteiger partial charge on any atom is -0.497 e. The van der Waals surface area contributed by atoms with Crippen LogP contribution >= 0.6 is 0 Å². The number of fused-ring (bicyclic) bond motifs is 1. The number of anilines is 2. The van der Waals surface area contributed by atoms with Crippen molar-refractivity contribution in [3.63, 3.8) is 0 Å². The molecule has 2 N–H and O–H groups in total. The van der Waals surface area contributed by atoms with Crippen molar-refractivity contribution in [2.75, 3.05) is 19.0 Å². The van der Waals surface area contributed by atoms with E-state index in [4.69, 9.17) is 4.74 Å². The van der Waals surface area contributed by atoms with Crippen LogP contribution in [-0.2, 0) is 6.42 Å². The van der Waals surface area contributed by atoms with Gasteiger partial charge in [-0.1, -0.05) is 18.2 Å². The average molecular weight is 465 g/mol. The molecule has 3 aromatic heterocycles. The molecule has 0 fully saturated rings. The molecule has 2 aromatic carbocycles. The smallest absolute Gasteiger partial charge is 0.251 e. The molecule has 5 aromatic rings. The van der Waals surface area contributed by atoms with Crippen LogP contribution in [0.4, 0.5) is 11.6 Å². The van der Waals surface area contributed by atoms with Crippen molar-refractivity contribution in [1.29, 1.82) is 0 Å². The van der Waals surface area contributed by atoms with Gasteiger partial charge in [0.05, 0.1) is 7.11 Å². The summed E-state index contributed by atoms with van der Waals surface area (Å²) < 4.78 is 7.00. The summed E-state index contributed by atoms with van der Waals surface area (Å²) in [5, 5.41) is 10.7. The molecular formula is C27H24N6O2. The van der Waals surface area contributed by atoms with Crippen LogP contribution in [0.3, 0.4) is 0 Å². The molecule has 0 aliphatic heterocycles. The topological polar surface area (TPSA) is 93.4 Å². The third-order valence-electron chi connectivity index (χ3n) is 5.59. The Kier molecular flexibility index (Phi) is 6.34. The SMILES string of the molecule is COc1ccc(-c2cccn3nc(Nc4ccc(C(=O)NCCc5cccnc5)cc4)nc23)cc1. The minimum absolute atomic E-state index is 0.115. The molecule has 35 heavy (non-hydrogen) atoms. The molecule has 1 amide bonds. The van der Waals surface area contributed by atoms with Crippen molar-refractivity contribution in [2.24, 2.45) is 0 Å². The molecule has 0 bridgehead atoms. The first kappa shape index (κ1) is 22.1. The second-order valence-corrected chi connectivity index (χ2v) is 7.92. The number of pyridine rings is 2. The number of hydrogen-bond donors (Lipinski definition) is 2. The van der Waals surface area contributed by atoms with Crippen molar-refractivity contribution in [2.45, 2.75) is 6.42 Å². The molecule has 0 atom stereocenters. The number of rotatable bonds is 8. The molecule has 0 saturated carbocycles. The van der Waals surface area contributed by atoms with Gasteiger partial charge in [-0.3, -0.25) is 9.78 Å². The number of nitrogens with zero attached hydrogens (tertiary/aromatic N) is 4. The Labute approximate surface area is 202 Å². The van der Waals surface area contributed by atoms with Crippen molar-refractivity contribution in [3.05, 3.63) is 103 Å². The quantitative estimate of drug-likeness (QED) is 0.351. The molecule has 8 heteroatoms. The van der Waals surface area contributed by atoms with Gasteiger partial charge in [-0.25, -0.2) is 4.52 Å². The largest absolute Gasteiger partial charge is 0.497 e. The van der Waals surface area contributed by atoms with E-state index in [1.54, 1.807) is 36.2 Å². The van der Waals surface area contributed by atoms with Gasteiger partial charge in [0.1, 0.15) is 5.75 Å². The number of nitrogens with one attached hydrogen (secondary N) is 2. The number of carbonyl (C=O) groups excluding carboxylic acids is 1. The van der Waals surface area contributed by atoms with Crippen LogP contribution in [0.15, 0.2) is 91.4 Å². The Morgan fingerprint density at radius 3 is 2.57 bits per heavy atom. The average Bonchev–Trinajstić information content (AvgIpc) is 3.32. The van der Waals surface area contributed by atoms with E-state index in [-0.39, 0.29) is 5.91 Å². The lowest BCUT2D eigenvalue weighted by Crippen LogP contribution is -2.25. The second kappa shape index (κ2) is 10.0. The molecule has 3 heterocycles. The van der Waals surface area contributed by atoms with E-state index >= 15 is 0 Å². The first-order chi connectivity index (χ1) is 17.2. The maximum atomic E-state index is 12.5. The van der Waals surface area contributed by atoms with E-state index < -0.39 is 0 Å². The van der Waals surface area contributed by atoms with E-state index in [1.807, 2.05) is 66.9 Å². The lowest BCUT2D eigenvalue weighted by molar-refractivity contribution is 0.0954. The predicted octanol–water partition coefficient (Wildman–Crippen LogP) is 4.52. The van der Waals surface area contributed by atoms with Crippen molar-refractivity contribution >= 4 is 23.2 Å². The zero-order valence-electron chi connectivity index (χ0n) is 19.2. The Morgan fingerprint density at radius 1 is 1.00 bits per heavy atom. The van der Waals surface area contributed by atoms with Gasteiger partial charge in [0.15, 0.2) is 5.65 Å². The summed E-state index contributed by atoms with van der Waals surface area (Å²) >= 11 is 0. The van der Waals surface area contributed by atoms with Gasteiger partial charge in [0, 0.05) is 41.9 Å². The molecule has 0 spiro atoms. The van der Waals surface area contributed by atoms with E-state index in [0.29, 0.717) is 18.1 Å². The Balaban J connectivity index is 1.25. The number of amides is 1. The maximum absolute atomic E-state index is 12.5. The van der Waals surface area contributed by atoms with E-state index in [1.165, 1.54) is 0 Å². The monoisotopic (exact) mass is 464 g/mol. The number of hydrogen-bond acceptors (Lipinski definition) is 6. The highest BCUT2D eigenvalue weighted by Crippen LogP contribution is 2.26. The van der Waals surface area contributed by atoms with Crippen molar-refractivity contribution < 1.29 is 9.53 Å². The van der Waals surface area contributed by atoms with E-state index in [9.17, 15) is 4.79 Å². The molecule has 0 aliphatic rings. The molecule has 5 rings (SSSR count). The van der Waals surface area contributed by atoms with E-state index in [2.05, 4.69) is 25.7 Å². The second-order valence-electron chi connectivity index (χ2n) is 7.92. The fourth-order valence-electron chi connectivity index (χ4n) is 3.76. The number of carbonyl (C=O) groups is 1. The van der Waals surface area contributed by atoms with Gasteiger partial charge in [0.25, 0.3) is 5.91 Å². The number of benzene rings is 2. The molecule has 0 radical (unpaired) electrons. The molecule has 0 aliphatic carbocycles. The Bertz CT molecular complexity index is 1430. The zero-order valence-corrected chi connectivity index (χ0v) is 19.2. The molecule has 174 valence electrons. The molecule has 0 saturated heterocycles. The van der Waals surface area contributed by atoms with E-state index in [0.717, 1.165) is 40.2 Å². The summed E-state index contributed by atoms with van der Waals surface area (Å²) in [4.78, 5) is 21.2. The van der Waals surface area contributed by atoms with Gasteiger partial charge in [0.2, 0.25) is 5.95 Å². The fourth-order valence-corrected chi connectivity index (χ4v) is 3.76. The molecule has 0 unspecified atom stereocenters. The standard InChI is InChI=1S/C27H24N6O2/c1-35-23-12-8-20(9-13-23)24-5-3-17-33-25(24)31-27(32-33)30-22-10-6-21(7-11-22)26(34)29-16-14-19-4-2-15-28-18-19/h2-13,15,17-18H,14,16H2,1H3,(H,29,34)(H,30,32). The van der Waals surface area contributed by atoms with Gasteiger partial charge in [-0.05, 0) is 72.1 Å². The van der Waals surface area contributed by atoms with Crippen LogP contribution in [-0.4, -0.2) is 39.1 Å². The summed E-state index contributed by atoms with van der Waals surface area (Å²) in [7, 11) is 1.65. The molecular weight excluding hydrogens is 440 g/mol. The van der Waals surface area contributed by atoms with Crippen LogP contribution in [0, 0.1) is 0 Å². The maximum Gasteiger partial charge on any atom is 0.251 e. The highest BCUT2D eigenvalue weighted by Gasteiger charge is 2.11. The third-order valence-corrected chi connectivity index (χ3v) is 5.59. The van der Waals surface area contributed by atoms with Crippen molar-refractivity contribution in [1.82, 2.24) is 24.9 Å². The van der Waals surface area contributed by atoms with Gasteiger partial charge in [-0.15, -0.1) is 5.10 Å². The van der Waals surface area contributed by atoms with Crippen LogP contribution in [0.2, 0.25) is 0 Å². The lowest BCUT2D eigenvalue weighted by Gasteiger charge is -2.06. The predicted molar refractivity (Wildman–Crippen MR) is 135 cm³/mol. The normalized spacial score (nSPS) is 10.8. The summed E-state index contributed by atoms with van der Waals surface area (Å²) in [6.45, 7) is 0.548. The summed E-state index contributed by atoms with van der Waals surface area (Å²) in [5.41, 5.74) is 5.20. The van der Waals surface area contributed by atoms with Gasteiger partial charge < -0.3 is 15.4 Å². The summed E-state index contributed by atoms with van der Waals surface area (Å²) in [6, 6.07) is 22.9. The Morgan fingerprint density at radius 2 is 1.83 bits per heavy atom. The van der Waals surface area contributed by atoms with Gasteiger partial charge in [-0.2, -0.15) is 4.98 Å². The van der Waals surface area contributed by atoms with Crippen LogP contribution in [0.25, 0.3) is 16.8 Å². The lowest BCUT2D eigenvalue weighted by atomic mass is 10.1. The van der Waals surface area contributed by atoms with Crippen LogP contribution in [0.5, 0.6) is 5.75 Å². The third kappa shape index (κ3) is 5.11. The number of aromatic nitrogens is 4. The first-order valence-electron chi connectivity index (χ1n) is 11.2. The fraction of sp³-hybridized carbons (Fsp3) is 0.111. The zero-order chi connectivity index (χ0) is 24.0. The van der Waals surface area contributed by atoms with Gasteiger partial charge >= 0.3 is 0 Å². The summed E-state index contributed by atoms with van der Waals surface area (Å²) in [5.74, 6) is 1.16. The number of methoxy groups -OCH3 is 1. The highest BCUT2D eigenvalue weighted by molar-refractivity contribution is 5.94. The van der Waals surface area contributed by atoms with Crippen LogP contribution in [0.1, 0.15) is 15.9 Å². The summed E-state index contributed by atoms with van der Waals surface area (Å²) in [6.07, 6.45) is 6.13. The highest BCUT2D eigenvalue weighted by atomic mass is 16.5. The number of ether oxygens (including phenoxy) is 1.